The number of ketones is 1. The number of hydrogen-bond acceptors (Lipinski definition) is 6. The number of aromatic nitrogens is 3. The Bertz CT molecular complexity index is 1900. The number of aromatic amines is 1. The molecule has 0 radical (unpaired) electrons. The summed E-state index contributed by atoms with van der Waals surface area (Å²) < 4.78 is 64.5. The van der Waals surface area contributed by atoms with Crippen LogP contribution < -0.4 is 19.9 Å². The number of anilines is 2. The predicted molar refractivity (Wildman–Crippen MR) is 152 cm³/mol. The Morgan fingerprint density at radius 3 is 2.54 bits per heavy atom. The van der Waals surface area contributed by atoms with Gasteiger partial charge in [0.05, 0.1) is 28.8 Å². The molecule has 0 aliphatic carbocycles. The van der Waals surface area contributed by atoms with Crippen molar-refractivity contribution >= 4 is 38.4 Å². The van der Waals surface area contributed by atoms with Crippen molar-refractivity contribution < 1.29 is 26.7 Å². The van der Waals surface area contributed by atoms with Gasteiger partial charge in [-0.15, -0.1) is 0 Å². The summed E-state index contributed by atoms with van der Waals surface area (Å²) in [5, 5.41) is 4.64. The molecule has 0 spiro atoms. The van der Waals surface area contributed by atoms with Crippen molar-refractivity contribution in [1.82, 2.24) is 19.5 Å². The van der Waals surface area contributed by atoms with Crippen molar-refractivity contribution in [2.24, 2.45) is 0 Å². The second kappa shape index (κ2) is 10.7. The first-order chi connectivity index (χ1) is 19.4. The van der Waals surface area contributed by atoms with Crippen LogP contribution in [0.2, 0.25) is 0 Å². The molecule has 0 saturated heterocycles. The standard InChI is InChI=1S/C28H26F2N6O4S/c1-15(2)34-41(38,39)35-23-13-22-17(11-21(23)30)12-24(33-22)27(37)19-14-32-36(28(19)31)25-9-8-18(10-16(25)3)40-26-7-5-4-6-20(26)29/h4-15,33-35H,31H2,1-3H3. The van der Waals surface area contributed by atoms with Crippen molar-refractivity contribution in [3.63, 3.8) is 0 Å². The zero-order valence-electron chi connectivity index (χ0n) is 22.2. The fourth-order valence-corrected chi connectivity index (χ4v) is 5.42. The van der Waals surface area contributed by atoms with E-state index in [9.17, 15) is 22.0 Å². The number of carbonyl (C=O) groups is 1. The summed E-state index contributed by atoms with van der Waals surface area (Å²) in [5.41, 5.74) is 7.86. The van der Waals surface area contributed by atoms with E-state index in [0.717, 1.165) is 6.07 Å². The molecule has 10 nitrogen and oxygen atoms in total. The Morgan fingerprint density at radius 2 is 1.83 bits per heavy atom. The zero-order chi connectivity index (χ0) is 29.5. The quantitative estimate of drug-likeness (QED) is 0.176. The first-order valence-electron chi connectivity index (χ1n) is 12.5. The number of rotatable bonds is 9. The third-order valence-corrected chi connectivity index (χ3v) is 7.37. The number of nitrogen functional groups attached to an aromatic ring is 1. The summed E-state index contributed by atoms with van der Waals surface area (Å²) in [6.07, 6.45) is 1.32. The maximum Gasteiger partial charge on any atom is 0.299 e. The fraction of sp³-hybridized carbons (Fsp3) is 0.143. The second-order valence-electron chi connectivity index (χ2n) is 9.65. The molecule has 0 saturated carbocycles. The molecule has 0 amide bonds. The van der Waals surface area contributed by atoms with Gasteiger partial charge in [-0.3, -0.25) is 9.52 Å². The number of benzene rings is 3. The molecule has 41 heavy (non-hydrogen) atoms. The fourth-order valence-electron chi connectivity index (χ4n) is 4.29. The minimum atomic E-state index is -4.00. The van der Waals surface area contributed by atoms with Crippen LogP contribution in [0.5, 0.6) is 11.5 Å². The lowest BCUT2D eigenvalue weighted by molar-refractivity contribution is 0.103. The van der Waals surface area contributed by atoms with E-state index in [1.165, 1.54) is 35.1 Å². The number of aryl methyl sites for hydroxylation is 1. The van der Waals surface area contributed by atoms with E-state index < -0.39 is 33.7 Å². The van der Waals surface area contributed by atoms with E-state index in [4.69, 9.17) is 10.5 Å². The first kappa shape index (κ1) is 27.8. The second-order valence-corrected chi connectivity index (χ2v) is 11.1. The number of halogens is 2. The highest BCUT2D eigenvalue weighted by atomic mass is 32.2. The topological polar surface area (TPSA) is 144 Å². The van der Waals surface area contributed by atoms with Crippen LogP contribution in [0, 0.1) is 18.6 Å². The van der Waals surface area contributed by atoms with Crippen molar-refractivity contribution in [3.05, 3.63) is 95.3 Å². The molecule has 2 aromatic heterocycles. The van der Waals surface area contributed by atoms with E-state index >= 15 is 0 Å². The highest BCUT2D eigenvalue weighted by Crippen LogP contribution is 2.30. The van der Waals surface area contributed by atoms with Gasteiger partial charge < -0.3 is 15.5 Å². The van der Waals surface area contributed by atoms with Gasteiger partial charge >= 0.3 is 0 Å². The van der Waals surface area contributed by atoms with Gasteiger partial charge in [-0.1, -0.05) is 12.1 Å². The molecule has 3 aromatic carbocycles. The summed E-state index contributed by atoms with van der Waals surface area (Å²) in [5.74, 6) is -1.24. The molecule has 5 aromatic rings. The number of nitrogens with zero attached hydrogens (tertiary/aromatic N) is 2. The molecular formula is C28H26F2N6O4S. The number of carbonyl (C=O) groups excluding carboxylic acids is 1. The summed E-state index contributed by atoms with van der Waals surface area (Å²) in [4.78, 5) is 16.2. The van der Waals surface area contributed by atoms with Gasteiger partial charge in [-0.05, 0) is 74.9 Å². The van der Waals surface area contributed by atoms with Crippen LogP contribution in [0.1, 0.15) is 35.5 Å². The van der Waals surface area contributed by atoms with Gasteiger partial charge in [0.15, 0.2) is 11.6 Å². The minimum absolute atomic E-state index is 0.0684. The van der Waals surface area contributed by atoms with Crippen LogP contribution in [0.4, 0.5) is 20.3 Å². The lowest BCUT2D eigenvalue weighted by Crippen LogP contribution is -2.35. The van der Waals surface area contributed by atoms with Crippen LogP contribution >= 0.6 is 0 Å². The van der Waals surface area contributed by atoms with Gasteiger partial charge in [0.1, 0.15) is 17.4 Å². The molecule has 2 heterocycles. The number of fused-ring (bicyclic) bond motifs is 1. The van der Waals surface area contributed by atoms with Gasteiger partial charge in [-0.25, -0.2) is 13.5 Å². The maximum atomic E-state index is 14.7. The molecular weight excluding hydrogens is 554 g/mol. The maximum absolute atomic E-state index is 14.7. The lowest BCUT2D eigenvalue weighted by Gasteiger charge is -2.12. The number of para-hydroxylation sites is 1. The summed E-state index contributed by atoms with van der Waals surface area (Å²) in [7, 11) is -4.00. The molecule has 5 rings (SSSR count). The SMILES string of the molecule is Cc1cc(Oc2ccccc2F)ccc1-n1ncc(C(=O)c2cc3cc(F)c(NS(=O)(=O)NC(C)C)cc3[nH]2)c1N. The van der Waals surface area contributed by atoms with E-state index in [2.05, 4.69) is 19.5 Å². The number of ether oxygens (including phenoxy) is 1. The molecule has 212 valence electrons. The van der Waals surface area contributed by atoms with Crippen molar-refractivity contribution in [2.45, 2.75) is 26.8 Å². The lowest BCUT2D eigenvalue weighted by atomic mass is 10.1. The van der Waals surface area contributed by atoms with E-state index in [1.54, 1.807) is 51.1 Å². The summed E-state index contributed by atoms with van der Waals surface area (Å²) in [6.45, 7) is 5.06. The van der Waals surface area contributed by atoms with Gasteiger partial charge in [0.2, 0.25) is 5.78 Å². The highest BCUT2D eigenvalue weighted by molar-refractivity contribution is 7.90. The van der Waals surface area contributed by atoms with Gasteiger partial charge in [-0.2, -0.15) is 18.2 Å². The Morgan fingerprint density at radius 1 is 1.07 bits per heavy atom. The Hall–Kier alpha value is -4.75. The number of nitrogens with one attached hydrogen (secondary N) is 3. The number of nitrogens with two attached hydrogens (primary N) is 1. The van der Waals surface area contributed by atoms with Gasteiger partial charge in [0.25, 0.3) is 10.2 Å². The average molecular weight is 581 g/mol. The van der Waals surface area contributed by atoms with Gasteiger partial charge in [0, 0.05) is 16.9 Å². The van der Waals surface area contributed by atoms with Crippen molar-refractivity contribution in [3.8, 4) is 17.2 Å². The molecule has 0 unspecified atom stereocenters. The Kier molecular flexibility index (Phi) is 7.24. The van der Waals surface area contributed by atoms with Crippen molar-refractivity contribution in [2.75, 3.05) is 10.5 Å². The average Bonchev–Trinajstić information content (AvgIpc) is 3.47. The van der Waals surface area contributed by atoms with Crippen LogP contribution in [0.25, 0.3) is 16.6 Å². The van der Waals surface area contributed by atoms with Crippen LogP contribution in [0.3, 0.4) is 0 Å². The largest absolute Gasteiger partial charge is 0.454 e. The number of hydrogen-bond donors (Lipinski definition) is 4. The predicted octanol–water partition coefficient (Wildman–Crippen LogP) is 5.20. The van der Waals surface area contributed by atoms with Crippen molar-refractivity contribution in [1.29, 1.82) is 0 Å². The molecule has 0 aliphatic heterocycles. The Labute approximate surface area is 234 Å². The molecule has 0 aliphatic rings. The van der Waals surface area contributed by atoms with E-state index in [1.807, 2.05) is 0 Å². The molecule has 13 heteroatoms. The highest BCUT2D eigenvalue weighted by Gasteiger charge is 2.22. The molecule has 0 bridgehead atoms. The zero-order valence-corrected chi connectivity index (χ0v) is 23.0. The molecule has 5 N–H and O–H groups in total. The van der Waals surface area contributed by atoms with Crippen LogP contribution in [0.15, 0.2) is 66.9 Å². The molecule has 0 atom stereocenters. The first-order valence-corrected chi connectivity index (χ1v) is 13.9. The third kappa shape index (κ3) is 5.76. The Balaban J connectivity index is 1.40. The monoisotopic (exact) mass is 580 g/mol. The summed E-state index contributed by atoms with van der Waals surface area (Å²) in [6, 6.07) is 14.5. The number of H-pyrrole nitrogens is 1. The minimum Gasteiger partial charge on any atom is -0.454 e. The smallest absolute Gasteiger partial charge is 0.299 e. The van der Waals surface area contributed by atoms with E-state index in [-0.39, 0.29) is 28.5 Å². The third-order valence-electron chi connectivity index (χ3n) is 6.10. The van der Waals surface area contributed by atoms with Crippen LogP contribution in [-0.2, 0) is 10.2 Å². The normalized spacial score (nSPS) is 11.8. The summed E-state index contributed by atoms with van der Waals surface area (Å²) >= 11 is 0. The van der Waals surface area contributed by atoms with E-state index in [0.29, 0.717) is 27.9 Å². The van der Waals surface area contributed by atoms with Crippen LogP contribution in [-0.4, -0.2) is 35.0 Å². The molecule has 0 fully saturated rings.